The highest BCUT2D eigenvalue weighted by atomic mass is 16.6. The molecule has 10 nitrogen and oxygen atoms in total. The molecule has 0 heterocycles. The third kappa shape index (κ3) is 13.9. The second kappa shape index (κ2) is 22.4. The number of hydrogen-bond acceptors (Lipinski definition) is 10. The van der Waals surface area contributed by atoms with Crippen molar-refractivity contribution in [2.75, 3.05) is 108 Å². The Labute approximate surface area is 239 Å². The topological polar surface area (TPSA) is 97.9 Å². The Balaban J connectivity index is 1.74. The van der Waals surface area contributed by atoms with Crippen LogP contribution in [0.25, 0.3) is 0 Å². The molecule has 2 N–H and O–H groups in total. The monoisotopic (exact) mass is 564 g/mol. The minimum atomic E-state index is 0.0618. The zero-order valence-corrected chi connectivity index (χ0v) is 24.5. The maximum absolute atomic E-state index is 5.82. The van der Waals surface area contributed by atoms with Crippen molar-refractivity contribution in [1.29, 1.82) is 0 Å². The summed E-state index contributed by atoms with van der Waals surface area (Å²) in [6.45, 7) is 6.49. The average molecular weight is 565 g/mol. The van der Waals surface area contributed by atoms with Gasteiger partial charge >= 0.3 is 0 Å². The van der Waals surface area contributed by atoms with Gasteiger partial charge in [0.2, 0.25) is 0 Å². The Kier molecular flexibility index (Phi) is 19.0. The van der Waals surface area contributed by atoms with E-state index in [-0.39, 0.29) is 12.1 Å². The molecule has 2 aromatic rings. The average Bonchev–Trinajstić information content (AvgIpc) is 2.99. The first kappa shape index (κ1) is 33.9. The van der Waals surface area contributed by atoms with Gasteiger partial charge in [0.05, 0.1) is 78.2 Å². The fraction of sp³-hybridized carbons (Fsp3) is 0.600. The molecule has 10 heteroatoms. The molecular formula is C30H48N2O8. The van der Waals surface area contributed by atoms with Crippen molar-refractivity contribution in [3.63, 3.8) is 0 Å². The van der Waals surface area contributed by atoms with Crippen LogP contribution in [0.15, 0.2) is 48.5 Å². The van der Waals surface area contributed by atoms with Gasteiger partial charge in [0.25, 0.3) is 0 Å². The zero-order valence-electron chi connectivity index (χ0n) is 24.5. The van der Waals surface area contributed by atoms with E-state index in [9.17, 15) is 0 Å². The minimum absolute atomic E-state index is 0.0618. The van der Waals surface area contributed by atoms with Crippen LogP contribution in [0, 0.1) is 0 Å². The summed E-state index contributed by atoms with van der Waals surface area (Å²) in [4.78, 5) is 0. The van der Waals surface area contributed by atoms with Crippen LogP contribution >= 0.6 is 0 Å². The number of hydrogen-bond donors (Lipinski definition) is 2. The van der Waals surface area contributed by atoms with Gasteiger partial charge in [-0.25, -0.2) is 0 Å². The van der Waals surface area contributed by atoms with Crippen LogP contribution in [0.1, 0.15) is 23.2 Å². The highest BCUT2D eigenvalue weighted by molar-refractivity contribution is 5.34. The van der Waals surface area contributed by atoms with Crippen LogP contribution in [-0.2, 0) is 28.4 Å². The van der Waals surface area contributed by atoms with E-state index in [1.807, 2.05) is 38.4 Å². The standard InChI is InChI=1S/C30H48N2O8/c1-31-29(25-5-9-27(10-6-25)39-23-21-37-19-17-35-15-13-33-3)30(32-2)26-7-11-28(12-8-26)40-24-22-38-20-18-36-16-14-34-4/h5-12,29-32H,13-24H2,1-4H3/t29-,30-/m1/s1. The normalized spacial score (nSPS) is 12.8. The number of rotatable bonds is 25. The molecule has 0 unspecified atom stereocenters. The van der Waals surface area contributed by atoms with Gasteiger partial charge in [-0.05, 0) is 49.5 Å². The van der Waals surface area contributed by atoms with E-state index in [1.54, 1.807) is 14.2 Å². The summed E-state index contributed by atoms with van der Waals surface area (Å²) in [5, 5.41) is 6.90. The van der Waals surface area contributed by atoms with Crippen molar-refractivity contribution in [1.82, 2.24) is 10.6 Å². The van der Waals surface area contributed by atoms with Gasteiger partial charge in [-0.15, -0.1) is 0 Å². The van der Waals surface area contributed by atoms with Gasteiger partial charge in [0, 0.05) is 14.2 Å². The molecule has 2 aromatic carbocycles. The van der Waals surface area contributed by atoms with E-state index < -0.39 is 0 Å². The molecule has 2 atom stereocenters. The smallest absolute Gasteiger partial charge is 0.119 e. The highest BCUT2D eigenvalue weighted by Gasteiger charge is 2.22. The number of nitrogens with one attached hydrogen (secondary N) is 2. The molecule has 0 saturated carbocycles. The van der Waals surface area contributed by atoms with Crippen molar-refractivity contribution in [2.45, 2.75) is 12.1 Å². The van der Waals surface area contributed by atoms with Gasteiger partial charge in [0.15, 0.2) is 0 Å². The minimum Gasteiger partial charge on any atom is -0.491 e. The summed E-state index contributed by atoms with van der Waals surface area (Å²) in [6, 6.07) is 16.4. The number of ether oxygens (including phenoxy) is 8. The maximum Gasteiger partial charge on any atom is 0.119 e. The van der Waals surface area contributed by atoms with Gasteiger partial charge in [-0.1, -0.05) is 24.3 Å². The quantitative estimate of drug-likeness (QED) is 0.175. The molecule has 0 aromatic heterocycles. The second-order valence-corrected chi connectivity index (χ2v) is 8.80. The van der Waals surface area contributed by atoms with Crippen molar-refractivity contribution in [3.05, 3.63) is 59.7 Å². The van der Waals surface area contributed by atoms with Crippen molar-refractivity contribution >= 4 is 0 Å². The summed E-state index contributed by atoms with van der Waals surface area (Å²) in [6.07, 6.45) is 0. The molecule has 0 amide bonds. The van der Waals surface area contributed by atoms with Crippen LogP contribution in [0.3, 0.4) is 0 Å². The predicted octanol–water partition coefficient (Wildman–Crippen LogP) is 3.02. The van der Waals surface area contributed by atoms with E-state index in [4.69, 9.17) is 37.9 Å². The lowest BCUT2D eigenvalue weighted by molar-refractivity contribution is 0.0179. The molecule has 40 heavy (non-hydrogen) atoms. The van der Waals surface area contributed by atoms with Gasteiger partial charge < -0.3 is 48.5 Å². The molecule has 0 spiro atoms. The Morgan fingerprint density at radius 2 is 0.750 bits per heavy atom. The fourth-order valence-corrected chi connectivity index (χ4v) is 3.96. The summed E-state index contributed by atoms with van der Waals surface area (Å²) in [5.74, 6) is 1.62. The molecule has 226 valence electrons. The SMILES string of the molecule is CN[C@H](c1ccc(OCCOCCOCCOC)cc1)[C@H](NC)c1ccc(OCCOCCOCCOC)cc1. The number of likely N-dealkylation sites (N-methyl/N-ethyl adjacent to an activating group) is 2. The molecule has 0 aliphatic carbocycles. The van der Waals surface area contributed by atoms with Crippen LogP contribution in [-0.4, -0.2) is 108 Å². The lowest BCUT2D eigenvalue weighted by atomic mass is 9.93. The summed E-state index contributed by atoms with van der Waals surface area (Å²) in [5.41, 5.74) is 2.31. The summed E-state index contributed by atoms with van der Waals surface area (Å²) >= 11 is 0. The number of methoxy groups -OCH3 is 2. The number of benzene rings is 2. The zero-order chi connectivity index (χ0) is 28.7. The van der Waals surface area contributed by atoms with Crippen LogP contribution in [0.5, 0.6) is 11.5 Å². The molecule has 0 radical (unpaired) electrons. The van der Waals surface area contributed by atoms with Crippen molar-refractivity contribution < 1.29 is 37.9 Å². The Morgan fingerprint density at radius 1 is 0.450 bits per heavy atom. The third-order valence-electron chi connectivity index (χ3n) is 6.03. The van der Waals surface area contributed by atoms with Crippen LogP contribution in [0.2, 0.25) is 0 Å². The summed E-state index contributed by atoms with van der Waals surface area (Å²) < 4.78 is 43.3. The van der Waals surface area contributed by atoms with Gasteiger partial charge in [-0.3, -0.25) is 0 Å². The van der Waals surface area contributed by atoms with Gasteiger partial charge in [-0.2, -0.15) is 0 Å². The predicted molar refractivity (Wildman–Crippen MR) is 155 cm³/mol. The fourth-order valence-electron chi connectivity index (χ4n) is 3.96. The van der Waals surface area contributed by atoms with E-state index in [1.165, 1.54) is 0 Å². The Morgan fingerprint density at radius 3 is 1.05 bits per heavy atom. The Hall–Kier alpha value is -2.28. The first-order valence-corrected chi connectivity index (χ1v) is 13.8. The first-order valence-electron chi connectivity index (χ1n) is 13.8. The first-order chi connectivity index (χ1) is 19.7. The highest BCUT2D eigenvalue weighted by Crippen LogP contribution is 2.30. The third-order valence-corrected chi connectivity index (χ3v) is 6.03. The molecule has 2 rings (SSSR count). The van der Waals surface area contributed by atoms with Crippen molar-refractivity contribution in [3.8, 4) is 11.5 Å². The van der Waals surface area contributed by atoms with E-state index in [0.717, 1.165) is 22.6 Å². The summed E-state index contributed by atoms with van der Waals surface area (Å²) in [7, 11) is 7.24. The van der Waals surface area contributed by atoms with E-state index in [0.29, 0.717) is 79.3 Å². The second-order valence-electron chi connectivity index (χ2n) is 8.80. The van der Waals surface area contributed by atoms with Crippen molar-refractivity contribution in [2.24, 2.45) is 0 Å². The van der Waals surface area contributed by atoms with E-state index in [2.05, 4.69) is 34.9 Å². The molecule has 0 fully saturated rings. The largest absolute Gasteiger partial charge is 0.491 e. The maximum atomic E-state index is 5.82. The van der Waals surface area contributed by atoms with Gasteiger partial charge in [0.1, 0.15) is 24.7 Å². The molecule has 0 bridgehead atoms. The molecule has 0 aliphatic rings. The van der Waals surface area contributed by atoms with Crippen LogP contribution < -0.4 is 20.1 Å². The van der Waals surface area contributed by atoms with Crippen LogP contribution in [0.4, 0.5) is 0 Å². The Bertz CT molecular complexity index is 782. The molecule has 0 saturated heterocycles. The molecular weight excluding hydrogens is 516 g/mol. The lowest BCUT2D eigenvalue weighted by Gasteiger charge is -2.28. The van der Waals surface area contributed by atoms with E-state index >= 15 is 0 Å². The molecule has 0 aliphatic heterocycles. The lowest BCUT2D eigenvalue weighted by Crippen LogP contribution is -2.31.